The zero-order valence-corrected chi connectivity index (χ0v) is 10.6. The molecule has 0 amide bonds. The Morgan fingerprint density at radius 3 is 2.70 bits per heavy atom. The van der Waals surface area contributed by atoms with Crippen molar-refractivity contribution in [2.75, 3.05) is 5.75 Å². The zero-order chi connectivity index (χ0) is 14.5. The van der Waals surface area contributed by atoms with Crippen LogP contribution in [0.5, 0.6) is 0 Å². The molecule has 2 aromatic rings. The molecule has 0 saturated carbocycles. The molecule has 0 spiro atoms. The van der Waals surface area contributed by atoms with Crippen molar-refractivity contribution in [3.63, 3.8) is 0 Å². The maximum absolute atomic E-state index is 13.2. The van der Waals surface area contributed by atoms with Crippen LogP contribution >= 0.6 is 11.8 Å². The molecule has 8 heteroatoms. The van der Waals surface area contributed by atoms with E-state index in [1.54, 1.807) is 0 Å². The van der Waals surface area contributed by atoms with E-state index in [9.17, 15) is 22.4 Å². The number of nitrogens with zero attached hydrogens (tertiary/aromatic N) is 2. The summed E-state index contributed by atoms with van der Waals surface area (Å²) in [5.74, 6) is -1.25. The smallest absolute Gasteiger partial charge is 0.273 e. The van der Waals surface area contributed by atoms with Gasteiger partial charge >= 0.3 is 6.18 Å². The van der Waals surface area contributed by atoms with Gasteiger partial charge in [0.25, 0.3) is 0 Å². The SMILES string of the molecule is O=C1CSc2nc(-c3ccc(F)c(C(F)(F)F)c3)cn21. The molecule has 0 N–H and O–H groups in total. The van der Waals surface area contributed by atoms with Crippen LogP contribution in [-0.2, 0) is 6.18 Å². The minimum absolute atomic E-state index is 0.119. The molecule has 0 saturated heterocycles. The maximum atomic E-state index is 13.2. The van der Waals surface area contributed by atoms with Crippen molar-refractivity contribution >= 4 is 17.7 Å². The van der Waals surface area contributed by atoms with Gasteiger partial charge in [-0.05, 0) is 18.2 Å². The van der Waals surface area contributed by atoms with E-state index >= 15 is 0 Å². The second-order valence-corrected chi connectivity index (χ2v) is 5.10. The Labute approximate surface area is 114 Å². The number of carbonyl (C=O) groups is 1. The topological polar surface area (TPSA) is 34.9 Å². The van der Waals surface area contributed by atoms with Gasteiger partial charge in [0.2, 0.25) is 5.91 Å². The van der Waals surface area contributed by atoms with E-state index < -0.39 is 17.6 Å². The third-order valence-corrected chi connectivity index (χ3v) is 3.77. The van der Waals surface area contributed by atoms with Crippen LogP contribution in [0.3, 0.4) is 0 Å². The summed E-state index contributed by atoms with van der Waals surface area (Å²) in [5.41, 5.74) is -1.01. The lowest BCUT2D eigenvalue weighted by atomic mass is 10.1. The molecule has 0 bridgehead atoms. The highest BCUT2D eigenvalue weighted by Crippen LogP contribution is 2.35. The van der Waals surface area contributed by atoms with E-state index in [-0.39, 0.29) is 22.9 Å². The molecule has 2 heterocycles. The van der Waals surface area contributed by atoms with Gasteiger partial charge in [-0.2, -0.15) is 13.2 Å². The van der Waals surface area contributed by atoms with Crippen LogP contribution in [0, 0.1) is 5.82 Å². The number of hydrogen-bond acceptors (Lipinski definition) is 3. The highest BCUT2D eigenvalue weighted by molar-refractivity contribution is 8.00. The number of fused-ring (bicyclic) bond motifs is 1. The van der Waals surface area contributed by atoms with Crippen molar-refractivity contribution in [1.82, 2.24) is 9.55 Å². The van der Waals surface area contributed by atoms with Gasteiger partial charge in [-0.3, -0.25) is 9.36 Å². The molecule has 0 fully saturated rings. The van der Waals surface area contributed by atoms with E-state index in [4.69, 9.17) is 0 Å². The van der Waals surface area contributed by atoms with Gasteiger partial charge in [0.15, 0.2) is 5.16 Å². The largest absolute Gasteiger partial charge is 0.419 e. The fourth-order valence-corrected chi connectivity index (χ4v) is 2.73. The lowest BCUT2D eigenvalue weighted by Crippen LogP contribution is -2.08. The number of halogens is 4. The Bertz CT molecular complexity index is 708. The Balaban J connectivity index is 2.07. The average Bonchev–Trinajstić information content (AvgIpc) is 2.91. The minimum atomic E-state index is -4.77. The van der Waals surface area contributed by atoms with Gasteiger partial charge in [0.1, 0.15) is 5.82 Å². The molecule has 1 aromatic carbocycles. The first-order valence-corrected chi connectivity index (χ1v) is 6.47. The first kappa shape index (κ1) is 13.2. The van der Waals surface area contributed by atoms with Gasteiger partial charge in [-0.25, -0.2) is 9.37 Å². The van der Waals surface area contributed by atoms with Crippen molar-refractivity contribution in [2.45, 2.75) is 11.3 Å². The molecule has 0 unspecified atom stereocenters. The highest BCUT2D eigenvalue weighted by atomic mass is 32.2. The predicted octanol–water partition coefficient (Wildman–Crippen LogP) is 3.45. The van der Waals surface area contributed by atoms with Crippen molar-refractivity contribution < 1.29 is 22.4 Å². The van der Waals surface area contributed by atoms with Gasteiger partial charge in [-0.1, -0.05) is 11.8 Å². The summed E-state index contributed by atoms with van der Waals surface area (Å²) in [6.45, 7) is 0. The highest BCUT2D eigenvalue weighted by Gasteiger charge is 2.34. The van der Waals surface area contributed by atoms with Gasteiger partial charge < -0.3 is 0 Å². The molecule has 3 rings (SSSR count). The van der Waals surface area contributed by atoms with E-state index in [1.165, 1.54) is 28.6 Å². The number of thioether (sulfide) groups is 1. The van der Waals surface area contributed by atoms with Crippen molar-refractivity contribution in [3.8, 4) is 11.3 Å². The fourth-order valence-electron chi connectivity index (χ4n) is 1.88. The molecule has 1 aliphatic heterocycles. The number of carbonyl (C=O) groups excluding carboxylic acids is 1. The number of alkyl halides is 3. The molecule has 20 heavy (non-hydrogen) atoms. The van der Waals surface area contributed by atoms with Crippen LogP contribution in [0.15, 0.2) is 29.6 Å². The molecular formula is C12H6F4N2OS. The number of imidazole rings is 1. The first-order chi connectivity index (χ1) is 9.36. The third-order valence-electron chi connectivity index (χ3n) is 2.83. The van der Waals surface area contributed by atoms with Crippen LogP contribution in [0.25, 0.3) is 11.3 Å². The lowest BCUT2D eigenvalue weighted by molar-refractivity contribution is -0.139. The summed E-state index contributed by atoms with van der Waals surface area (Å²) in [5, 5.41) is 0.433. The van der Waals surface area contributed by atoms with E-state index in [1.807, 2.05) is 0 Å². The predicted molar refractivity (Wildman–Crippen MR) is 64.0 cm³/mol. The molecule has 1 aliphatic rings. The van der Waals surface area contributed by atoms with E-state index in [0.717, 1.165) is 6.07 Å². The van der Waals surface area contributed by atoms with Crippen molar-refractivity contribution in [2.24, 2.45) is 0 Å². The van der Waals surface area contributed by atoms with Crippen LogP contribution < -0.4 is 0 Å². The normalized spacial score (nSPS) is 14.7. The Morgan fingerprint density at radius 1 is 1.30 bits per heavy atom. The maximum Gasteiger partial charge on any atom is 0.419 e. The van der Waals surface area contributed by atoms with Crippen molar-refractivity contribution in [1.29, 1.82) is 0 Å². The number of benzene rings is 1. The summed E-state index contributed by atoms with van der Waals surface area (Å²) in [6, 6.07) is 2.65. The summed E-state index contributed by atoms with van der Waals surface area (Å²) in [6.07, 6.45) is -3.40. The molecule has 104 valence electrons. The number of hydrogen-bond donors (Lipinski definition) is 0. The lowest BCUT2D eigenvalue weighted by Gasteiger charge is -2.09. The molecule has 3 nitrogen and oxygen atoms in total. The Kier molecular flexibility index (Phi) is 2.86. The van der Waals surface area contributed by atoms with Gasteiger partial charge in [-0.15, -0.1) is 0 Å². The molecule has 0 aliphatic carbocycles. The van der Waals surface area contributed by atoms with Crippen LogP contribution in [0.4, 0.5) is 17.6 Å². The Morgan fingerprint density at radius 2 is 2.05 bits per heavy atom. The van der Waals surface area contributed by atoms with E-state index in [2.05, 4.69) is 4.98 Å². The summed E-state index contributed by atoms with van der Waals surface area (Å²) >= 11 is 1.21. The van der Waals surface area contributed by atoms with Crippen LogP contribution in [0.1, 0.15) is 10.4 Å². The van der Waals surface area contributed by atoms with Gasteiger partial charge in [0.05, 0.1) is 17.0 Å². The molecule has 0 atom stereocenters. The molecular weight excluding hydrogens is 296 g/mol. The van der Waals surface area contributed by atoms with Crippen LogP contribution in [0.2, 0.25) is 0 Å². The number of aromatic nitrogens is 2. The van der Waals surface area contributed by atoms with Crippen molar-refractivity contribution in [3.05, 3.63) is 35.8 Å². The molecule has 1 aromatic heterocycles. The minimum Gasteiger partial charge on any atom is -0.273 e. The van der Waals surface area contributed by atoms with E-state index in [0.29, 0.717) is 11.2 Å². The monoisotopic (exact) mass is 302 g/mol. The average molecular weight is 302 g/mol. The molecule has 0 radical (unpaired) electrons. The second kappa shape index (κ2) is 4.34. The fraction of sp³-hybridized carbons (Fsp3) is 0.167. The number of rotatable bonds is 1. The third kappa shape index (κ3) is 2.09. The summed E-state index contributed by atoms with van der Waals surface area (Å²) < 4.78 is 52.4. The standard InChI is InChI=1S/C12H6F4N2OS/c13-8-2-1-6(3-7(8)12(14,15)16)9-4-18-10(19)5-20-11(18)17-9/h1-4H,5H2. The quantitative estimate of drug-likeness (QED) is 0.757. The summed E-state index contributed by atoms with van der Waals surface area (Å²) in [7, 11) is 0. The van der Waals surface area contributed by atoms with Crippen LogP contribution in [-0.4, -0.2) is 21.2 Å². The zero-order valence-electron chi connectivity index (χ0n) is 9.74. The summed E-state index contributed by atoms with van der Waals surface area (Å²) in [4.78, 5) is 15.5. The Hall–Kier alpha value is -1.83. The van der Waals surface area contributed by atoms with Gasteiger partial charge in [0, 0.05) is 11.8 Å². The first-order valence-electron chi connectivity index (χ1n) is 5.49. The second-order valence-electron chi connectivity index (χ2n) is 4.15.